The summed E-state index contributed by atoms with van der Waals surface area (Å²) in [5.41, 5.74) is 7.88. The molecule has 2 rings (SSSR count). The largest absolute Gasteiger partial charge is 0.455 e. The standard InChI is InChI=1S/C14H11ClN2O/c1-9-3-2-4-13(14(9)17)18-11-6-5-10(8-16)12(15)7-11/h2-7H,17H2,1H3. The van der Waals surface area contributed by atoms with Gasteiger partial charge in [-0.2, -0.15) is 5.26 Å². The molecule has 0 bridgehead atoms. The summed E-state index contributed by atoms with van der Waals surface area (Å²) in [6, 6.07) is 12.5. The Kier molecular flexibility index (Phi) is 3.40. The summed E-state index contributed by atoms with van der Waals surface area (Å²) in [7, 11) is 0. The molecule has 2 aromatic carbocycles. The van der Waals surface area contributed by atoms with Crippen LogP contribution in [0.3, 0.4) is 0 Å². The Balaban J connectivity index is 2.32. The molecule has 0 aliphatic rings. The fourth-order valence-electron chi connectivity index (χ4n) is 1.52. The number of nitrogen functional groups attached to an aromatic ring is 1. The normalized spacial score (nSPS) is 9.83. The van der Waals surface area contributed by atoms with Gasteiger partial charge in [-0.3, -0.25) is 0 Å². The number of halogens is 1. The van der Waals surface area contributed by atoms with Crippen molar-refractivity contribution in [2.45, 2.75) is 6.92 Å². The molecule has 0 atom stereocenters. The molecule has 0 fully saturated rings. The minimum Gasteiger partial charge on any atom is -0.455 e. The van der Waals surface area contributed by atoms with Crippen molar-refractivity contribution in [2.75, 3.05) is 5.73 Å². The van der Waals surface area contributed by atoms with Crippen LogP contribution in [0.25, 0.3) is 0 Å². The molecule has 0 amide bonds. The van der Waals surface area contributed by atoms with E-state index in [-0.39, 0.29) is 0 Å². The fraction of sp³-hybridized carbons (Fsp3) is 0.0714. The van der Waals surface area contributed by atoms with Crippen molar-refractivity contribution in [2.24, 2.45) is 0 Å². The lowest BCUT2D eigenvalue weighted by atomic mass is 10.2. The lowest BCUT2D eigenvalue weighted by molar-refractivity contribution is 0.485. The first-order valence-corrected chi connectivity index (χ1v) is 5.72. The summed E-state index contributed by atoms with van der Waals surface area (Å²) in [5, 5.41) is 9.15. The van der Waals surface area contributed by atoms with Crippen LogP contribution < -0.4 is 10.5 Å². The van der Waals surface area contributed by atoms with E-state index < -0.39 is 0 Å². The SMILES string of the molecule is Cc1cccc(Oc2ccc(C#N)c(Cl)c2)c1N. The van der Waals surface area contributed by atoms with Crippen molar-refractivity contribution in [1.82, 2.24) is 0 Å². The highest BCUT2D eigenvalue weighted by molar-refractivity contribution is 6.31. The second-order valence-electron chi connectivity index (χ2n) is 3.84. The van der Waals surface area contributed by atoms with E-state index in [0.717, 1.165) is 5.56 Å². The first-order valence-electron chi connectivity index (χ1n) is 5.34. The van der Waals surface area contributed by atoms with Crippen LogP contribution in [0, 0.1) is 18.3 Å². The number of anilines is 1. The smallest absolute Gasteiger partial charge is 0.150 e. The highest BCUT2D eigenvalue weighted by Gasteiger charge is 2.06. The van der Waals surface area contributed by atoms with E-state index in [0.29, 0.717) is 27.8 Å². The van der Waals surface area contributed by atoms with Crippen molar-refractivity contribution in [3.05, 3.63) is 52.5 Å². The van der Waals surface area contributed by atoms with Crippen molar-refractivity contribution in [3.63, 3.8) is 0 Å². The first-order chi connectivity index (χ1) is 8.61. The lowest BCUT2D eigenvalue weighted by Gasteiger charge is -2.10. The van der Waals surface area contributed by atoms with E-state index >= 15 is 0 Å². The number of hydrogen-bond donors (Lipinski definition) is 1. The zero-order chi connectivity index (χ0) is 13.1. The van der Waals surface area contributed by atoms with Gasteiger partial charge in [-0.15, -0.1) is 0 Å². The van der Waals surface area contributed by atoms with Gasteiger partial charge in [0, 0.05) is 6.07 Å². The third-order valence-electron chi connectivity index (χ3n) is 2.57. The maximum atomic E-state index is 8.78. The van der Waals surface area contributed by atoms with E-state index in [1.807, 2.05) is 25.1 Å². The molecule has 0 saturated heterocycles. The summed E-state index contributed by atoms with van der Waals surface area (Å²) in [5.74, 6) is 1.13. The lowest BCUT2D eigenvalue weighted by Crippen LogP contribution is -1.94. The van der Waals surface area contributed by atoms with Crippen LogP contribution in [-0.4, -0.2) is 0 Å². The Hall–Kier alpha value is -2.18. The molecule has 0 heterocycles. The zero-order valence-corrected chi connectivity index (χ0v) is 10.5. The van der Waals surface area contributed by atoms with E-state index in [4.69, 9.17) is 27.3 Å². The van der Waals surface area contributed by atoms with Crippen molar-refractivity contribution < 1.29 is 4.74 Å². The second-order valence-corrected chi connectivity index (χ2v) is 4.25. The quantitative estimate of drug-likeness (QED) is 0.831. The van der Waals surface area contributed by atoms with Crippen molar-refractivity contribution in [3.8, 4) is 17.6 Å². The number of para-hydroxylation sites is 1. The Morgan fingerprint density at radius 3 is 2.72 bits per heavy atom. The molecule has 2 N–H and O–H groups in total. The minimum atomic E-state index is 0.362. The number of nitrogens with zero attached hydrogens (tertiary/aromatic N) is 1. The van der Waals surface area contributed by atoms with Gasteiger partial charge in [0.15, 0.2) is 5.75 Å². The van der Waals surface area contributed by atoms with Gasteiger partial charge in [0.25, 0.3) is 0 Å². The third kappa shape index (κ3) is 2.39. The second kappa shape index (κ2) is 4.99. The molecule has 0 spiro atoms. The van der Waals surface area contributed by atoms with Gasteiger partial charge in [0.05, 0.1) is 16.3 Å². The molecule has 2 aromatic rings. The van der Waals surface area contributed by atoms with Gasteiger partial charge in [-0.1, -0.05) is 23.7 Å². The summed E-state index contributed by atoms with van der Waals surface area (Å²) in [6.07, 6.45) is 0. The number of benzene rings is 2. The first kappa shape index (κ1) is 12.3. The predicted molar refractivity (Wildman–Crippen MR) is 71.8 cm³/mol. The number of hydrogen-bond acceptors (Lipinski definition) is 3. The maximum Gasteiger partial charge on any atom is 0.150 e. The molecule has 90 valence electrons. The van der Waals surface area contributed by atoms with Crippen LogP contribution >= 0.6 is 11.6 Å². The summed E-state index contributed by atoms with van der Waals surface area (Å²) in [6.45, 7) is 1.91. The Morgan fingerprint density at radius 2 is 2.06 bits per heavy atom. The predicted octanol–water partition coefficient (Wildman–Crippen LogP) is 3.89. The molecular weight excluding hydrogens is 248 g/mol. The molecule has 0 aliphatic heterocycles. The third-order valence-corrected chi connectivity index (χ3v) is 2.89. The van der Waals surface area contributed by atoms with E-state index in [9.17, 15) is 0 Å². The Morgan fingerprint density at radius 1 is 1.28 bits per heavy atom. The minimum absolute atomic E-state index is 0.362. The van der Waals surface area contributed by atoms with Gasteiger partial charge < -0.3 is 10.5 Å². The Labute approximate surface area is 110 Å². The number of ether oxygens (including phenoxy) is 1. The summed E-state index contributed by atoms with van der Waals surface area (Å²) < 4.78 is 5.65. The zero-order valence-electron chi connectivity index (χ0n) is 9.77. The molecule has 0 radical (unpaired) electrons. The van der Waals surface area contributed by atoms with Crippen LogP contribution in [0.2, 0.25) is 5.02 Å². The summed E-state index contributed by atoms with van der Waals surface area (Å²) >= 11 is 5.93. The van der Waals surface area contributed by atoms with E-state index in [1.165, 1.54) is 0 Å². The maximum absolute atomic E-state index is 8.78. The highest BCUT2D eigenvalue weighted by atomic mass is 35.5. The number of aryl methyl sites for hydroxylation is 1. The molecule has 0 unspecified atom stereocenters. The molecule has 18 heavy (non-hydrogen) atoms. The number of nitrogens with two attached hydrogens (primary N) is 1. The number of nitriles is 1. The molecule has 3 nitrogen and oxygen atoms in total. The molecule has 0 aromatic heterocycles. The monoisotopic (exact) mass is 258 g/mol. The van der Waals surface area contributed by atoms with Crippen LogP contribution in [0.4, 0.5) is 5.69 Å². The van der Waals surface area contributed by atoms with Crippen molar-refractivity contribution in [1.29, 1.82) is 5.26 Å². The fourth-order valence-corrected chi connectivity index (χ4v) is 1.73. The van der Waals surface area contributed by atoms with Crippen LogP contribution in [0.15, 0.2) is 36.4 Å². The Bertz CT molecular complexity index is 632. The van der Waals surface area contributed by atoms with E-state index in [2.05, 4.69) is 0 Å². The average Bonchev–Trinajstić information content (AvgIpc) is 2.35. The van der Waals surface area contributed by atoms with Gasteiger partial charge in [-0.05, 0) is 30.7 Å². The summed E-state index contributed by atoms with van der Waals surface area (Å²) in [4.78, 5) is 0. The average molecular weight is 259 g/mol. The topological polar surface area (TPSA) is 59.0 Å². The van der Waals surface area contributed by atoms with Gasteiger partial charge in [0.1, 0.15) is 11.8 Å². The molecule has 4 heteroatoms. The van der Waals surface area contributed by atoms with Crippen LogP contribution in [-0.2, 0) is 0 Å². The van der Waals surface area contributed by atoms with Gasteiger partial charge in [0.2, 0.25) is 0 Å². The van der Waals surface area contributed by atoms with Gasteiger partial charge in [-0.25, -0.2) is 0 Å². The van der Waals surface area contributed by atoms with Crippen LogP contribution in [0.1, 0.15) is 11.1 Å². The van der Waals surface area contributed by atoms with E-state index in [1.54, 1.807) is 24.3 Å². The highest BCUT2D eigenvalue weighted by Crippen LogP contribution is 2.31. The van der Waals surface area contributed by atoms with Gasteiger partial charge >= 0.3 is 0 Å². The van der Waals surface area contributed by atoms with Crippen molar-refractivity contribution >= 4 is 17.3 Å². The number of rotatable bonds is 2. The molecule has 0 saturated carbocycles. The molecule has 0 aliphatic carbocycles. The molecular formula is C14H11ClN2O. The van der Waals surface area contributed by atoms with Crippen LogP contribution in [0.5, 0.6) is 11.5 Å².